The van der Waals surface area contributed by atoms with Gasteiger partial charge in [0.05, 0.1) is 0 Å². The Morgan fingerprint density at radius 2 is 1.94 bits per heavy atom. The minimum Gasteiger partial charge on any atom is -0.353 e. The fourth-order valence-corrected chi connectivity index (χ4v) is 1.39. The Hall–Kier alpha value is -1.57. The molecule has 0 aliphatic heterocycles. The Labute approximate surface area is 104 Å². The number of carbonyl (C=O) groups is 1. The first-order valence-electron chi connectivity index (χ1n) is 6.10. The molecule has 0 bridgehead atoms. The molecule has 0 heterocycles. The highest BCUT2D eigenvalue weighted by Crippen LogP contribution is 2.04. The number of hydrogen-bond acceptors (Lipinski definition) is 1. The van der Waals surface area contributed by atoms with Gasteiger partial charge in [0.1, 0.15) is 0 Å². The van der Waals surface area contributed by atoms with Gasteiger partial charge in [-0.05, 0) is 30.9 Å². The first kappa shape index (κ1) is 13.5. The van der Waals surface area contributed by atoms with Crippen LogP contribution < -0.4 is 5.32 Å². The van der Waals surface area contributed by atoms with Gasteiger partial charge in [-0.25, -0.2) is 0 Å². The van der Waals surface area contributed by atoms with Crippen molar-refractivity contribution in [1.29, 1.82) is 0 Å². The van der Waals surface area contributed by atoms with Crippen molar-refractivity contribution in [3.63, 3.8) is 0 Å². The Balaban J connectivity index is 2.37. The quantitative estimate of drug-likeness (QED) is 0.775. The second-order valence-electron chi connectivity index (χ2n) is 4.72. The summed E-state index contributed by atoms with van der Waals surface area (Å²) in [6, 6.07) is 8.09. The zero-order valence-electron chi connectivity index (χ0n) is 10.9. The monoisotopic (exact) mass is 231 g/mol. The average Bonchev–Trinajstić information content (AvgIpc) is 2.28. The van der Waals surface area contributed by atoms with Gasteiger partial charge in [0.2, 0.25) is 5.91 Å². The molecule has 0 saturated heterocycles. The second-order valence-corrected chi connectivity index (χ2v) is 4.72. The number of carbonyl (C=O) groups excluding carboxylic acids is 1. The predicted molar refractivity (Wildman–Crippen MR) is 72.7 cm³/mol. The highest BCUT2D eigenvalue weighted by atomic mass is 16.1. The van der Waals surface area contributed by atoms with Gasteiger partial charge < -0.3 is 5.32 Å². The largest absolute Gasteiger partial charge is 0.353 e. The number of nitrogens with one attached hydrogen (secondary N) is 1. The summed E-state index contributed by atoms with van der Waals surface area (Å²) >= 11 is 0. The summed E-state index contributed by atoms with van der Waals surface area (Å²) < 4.78 is 0. The van der Waals surface area contributed by atoms with Crippen LogP contribution in [0.2, 0.25) is 0 Å². The van der Waals surface area contributed by atoms with Crippen LogP contribution in [0, 0.1) is 12.8 Å². The molecule has 0 unspecified atom stereocenters. The van der Waals surface area contributed by atoms with E-state index in [9.17, 15) is 4.79 Å². The molecular formula is C15H21NO. The van der Waals surface area contributed by atoms with Crippen LogP contribution in [0.15, 0.2) is 30.3 Å². The van der Waals surface area contributed by atoms with Crippen LogP contribution in [0.5, 0.6) is 0 Å². The van der Waals surface area contributed by atoms with Gasteiger partial charge in [-0.3, -0.25) is 4.79 Å². The van der Waals surface area contributed by atoms with Gasteiger partial charge in [-0.15, -0.1) is 0 Å². The lowest BCUT2D eigenvalue weighted by atomic mass is 10.1. The van der Waals surface area contributed by atoms with E-state index in [2.05, 4.69) is 19.2 Å². The summed E-state index contributed by atoms with van der Waals surface area (Å²) in [4.78, 5) is 11.5. The smallest absolute Gasteiger partial charge is 0.243 e. The van der Waals surface area contributed by atoms with Crippen molar-refractivity contribution in [2.24, 2.45) is 5.92 Å². The van der Waals surface area contributed by atoms with Crippen LogP contribution in [0.1, 0.15) is 31.4 Å². The lowest BCUT2D eigenvalue weighted by molar-refractivity contribution is -0.116. The molecule has 0 aliphatic rings. The molecular weight excluding hydrogens is 210 g/mol. The van der Waals surface area contributed by atoms with Crippen molar-refractivity contribution < 1.29 is 4.79 Å². The van der Waals surface area contributed by atoms with Crippen molar-refractivity contribution >= 4 is 12.0 Å². The van der Waals surface area contributed by atoms with E-state index in [1.807, 2.05) is 37.3 Å². The number of rotatable bonds is 5. The molecule has 0 aromatic heterocycles. The topological polar surface area (TPSA) is 29.1 Å². The molecule has 0 saturated carbocycles. The van der Waals surface area contributed by atoms with E-state index in [4.69, 9.17) is 0 Å². The average molecular weight is 231 g/mol. The van der Waals surface area contributed by atoms with E-state index in [0.29, 0.717) is 5.92 Å². The van der Waals surface area contributed by atoms with Crippen LogP contribution in [0.4, 0.5) is 0 Å². The number of benzene rings is 1. The standard InChI is InChI=1S/C15H21NO/c1-12(2)10-11-16-15(17)9-8-14-6-4-13(3)5-7-14/h4-9,12H,10-11H2,1-3H3,(H,16,17). The molecule has 1 N–H and O–H groups in total. The summed E-state index contributed by atoms with van der Waals surface area (Å²) in [5, 5.41) is 2.87. The van der Waals surface area contributed by atoms with Gasteiger partial charge in [-0.1, -0.05) is 43.7 Å². The first-order valence-corrected chi connectivity index (χ1v) is 6.10. The van der Waals surface area contributed by atoms with Crippen molar-refractivity contribution in [2.45, 2.75) is 27.2 Å². The van der Waals surface area contributed by atoms with Crippen LogP contribution >= 0.6 is 0 Å². The Kier molecular flexibility index (Phi) is 5.47. The molecule has 0 atom stereocenters. The molecule has 2 nitrogen and oxygen atoms in total. The molecule has 0 fully saturated rings. The molecule has 1 rings (SSSR count). The van der Waals surface area contributed by atoms with Crippen LogP contribution in [-0.4, -0.2) is 12.5 Å². The normalized spacial score (nSPS) is 11.1. The molecule has 17 heavy (non-hydrogen) atoms. The molecule has 2 heteroatoms. The van der Waals surface area contributed by atoms with Crippen molar-refractivity contribution in [3.8, 4) is 0 Å². The second kappa shape index (κ2) is 6.89. The van der Waals surface area contributed by atoms with E-state index in [1.165, 1.54) is 5.56 Å². The van der Waals surface area contributed by atoms with Crippen molar-refractivity contribution in [1.82, 2.24) is 5.32 Å². The fraction of sp³-hybridized carbons (Fsp3) is 0.400. The maximum atomic E-state index is 11.5. The summed E-state index contributed by atoms with van der Waals surface area (Å²) in [7, 11) is 0. The highest BCUT2D eigenvalue weighted by Gasteiger charge is 1.96. The zero-order valence-corrected chi connectivity index (χ0v) is 10.9. The van der Waals surface area contributed by atoms with E-state index in [-0.39, 0.29) is 5.91 Å². The maximum absolute atomic E-state index is 11.5. The van der Waals surface area contributed by atoms with Gasteiger partial charge >= 0.3 is 0 Å². The van der Waals surface area contributed by atoms with Gasteiger partial charge in [-0.2, -0.15) is 0 Å². The van der Waals surface area contributed by atoms with Crippen LogP contribution in [0.3, 0.4) is 0 Å². The number of amides is 1. The summed E-state index contributed by atoms with van der Waals surface area (Å²) in [5.74, 6) is 0.600. The lowest BCUT2D eigenvalue weighted by Gasteiger charge is -2.04. The zero-order chi connectivity index (χ0) is 12.7. The lowest BCUT2D eigenvalue weighted by Crippen LogP contribution is -2.23. The van der Waals surface area contributed by atoms with Crippen molar-refractivity contribution in [3.05, 3.63) is 41.5 Å². The predicted octanol–water partition coefficient (Wildman–Crippen LogP) is 3.17. The minimum absolute atomic E-state index is 0.0220. The molecule has 1 aromatic rings. The highest BCUT2D eigenvalue weighted by molar-refractivity contribution is 5.91. The summed E-state index contributed by atoms with van der Waals surface area (Å²) in [6.45, 7) is 7.09. The van der Waals surface area contributed by atoms with Gasteiger partial charge in [0.25, 0.3) is 0 Å². The number of hydrogen-bond donors (Lipinski definition) is 1. The fourth-order valence-electron chi connectivity index (χ4n) is 1.39. The van der Waals surface area contributed by atoms with E-state index in [0.717, 1.165) is 18.5 Å². The van der Waals surface area contributed by atoms with Gasteiger partial charge in [0, 0.05) is 12.6 Å². The Morgan fingerprint density at radius 1 is 1.29 bits per heavy atom. The Bertz CT molecular complexity index is 376. The van der Waals surface area contributed by atoms with E-state index < -0.39 is 0 Å². The molecule has 1 amide bonds. The number of aryl methyl sites for hydroxylation is 1. The SMILES string of the molecule is Cc1ccc(C=CC(=O)NCCC(C)C)cc1. The van der Waals surface area contributed by atoms with Crippen LogP contribution in [0.25, 0.3) is 6.08 Å². The summed E-state index contributed by atoms with van der Waals surface area (Å²) in [5.41, 5.74) is 2.28. The maximum Gasteiger partial charge on any atom is 0.243 e. The molecule has 1 aromatic carbocycles. The van der Waals surface area contributed by atoms with E-state index in [1.54, 1.807) is 6.08 Å². The molecule has 0 spiro atoms. The third-order valence-corrected chi connectivity index (χ3v) is 2.53. The van der Waals surface area contributed by atoms with Gasteiger partial charge in [0.15, 0.2) is 0 Å². The first-order chi connectivity index (χ1) is 8.08. The van der Waals surface area contributed by atoms with E-state index >= 15 is 0 Å². The third-order valence-electron chi connectivity index (χ3n) is 2.53. The molecule has 92 valence electrons. The molecule has 0 aliphatic carbocycles. The minimum atomic E-state index is -0.0220. The third kappa shape index (κ3) is 5.91. The van der Waals surface area contributed by atoms with Crippen molar-refractivity contribution in [2.75, 3.05) is 6.54 Å². The Morgan fingerprint density at radius 3 is 2.53 bits per heavy atom. The summed E-state index contributed by atoms with van der Waals surface area (Å²) in [6.07, 6.45) is 4.44. The molecule has 0 radical (unpaired) electrons. The van der Waals surface area contributed by atoms with Crippen LogP contribution in [-0.2, 0) is 4.79 Å².